The first kappa shape index (κ1) is 10.1. The molecule has 6 heteroatoms. The van der Waals surface area contributed by atoms with Gasteiger partial charge in [0.2, 0.25) is 0 Å². The number of hydrogen-bond acceptors (Lipinski definition) is 4. The minimum atomic E-state index is -3.52. The highest BCUT2D eigenvalue weighted by Gasteiger charge is 2.29. The van der Waals surface area contributed by atoms with Crippen LogP contribution in [0.5, 0.6) is 5.75 Å². The van der Waals surface area contributed by atoms with Crippen LogP contribution in [0.3, 0.4) is 0 Å². The molecule has 0 amide bonds. The van der Waals surface area contributed by atoms with Gasteiger partial charge in [0.05, 0.1) is 10.6 Å². The lowest BCUT2D eigenvalue weighted by molar-refractivity contribution is 0.483. The molecule has 5 nitrogen and oxygen atoms in total. The van der Waals surface area contributed by atoms with Gasteiger partial charge in [0.1, 0.15) is 11.4 Å². The Balaban J connectivity index is 2.59. The van der Waals surface area contributed by atoms with Gasteiger partial charge in [-0.2, -0.15) is 0 Å². The van der Waals surface area contributed by atoms with Gasteiger partial charge in [0.25, 0.3) is 10.0 Å². The first-order chi connectivity index (χ1) is 8.04. The summed E-state index contributed by atoms with van der Waals surface area (Å²) in [6, 6.07) is 6.20. The fourth-order valence-electron chi connectivity index (χ4n) is 2.05. The summed E-state index contributed by atoms with van der Waals surface area (Å²) in [5, 5.41) is 10.9. The molecule has 0 fully saturated rings. The second kappa shape index (κ2) is 2.98. The fourth-order valence-corrected chi connectivity index (χ4v) is 3.35. The Morgan fingerprint density at radius 3 is 2.82 bits per heavy atom. The minimum Gasteiger partial charge on any atom is -0.505 e. The minimum absolute atomic E-state index is 0.0560. The third-order valence-electron chi connectivity index (χ3n) is 2.78. The van der Waals surface area contributed by atoms with E-state index in [4.69, 9.17) is 0 Å². The summed E-state index contributed by atoms with van der Waals surface area (Å²) in [7, 11) is -3.52. The quantitative estimate of drug-likeness (QED) is 0.598. The van der Waals surface area contributed by atoms with Crippen molar-refractivity contribution in [3.63, 3.8) is 0 Å². The van der Waals surface area contributed by atoms with Crippen LogP contribution in [-0.4, -0.2) is 20.2 Å². The number of nitrogens with zero attached hydrogens (tertiary/aromatic N) is 1. The van der Waals surface area contributed by atoms with Gasteiger partial charge in [-0.15, -0.1) is 0 Å². The third-order valence-corrected chi connectivity index (χ3v) is 4.19. The summed E-state index contributed by atoms with van der Waals surface area (Å²) in [5.74, 6) is -0.0560. The Hall–Kier alpha value is -2.08. The van der Waals surface area contributed by atoms with Gasteiger partial charge >= 0.3 is 0 Å². The van der Waals surface area contributed by atoms with Crippen LogP contribution in [0.4, 0.5) is 11.4 Å². The van der Waals surface area contributed by atoms with Crippen LogP contribution in [-0.2, 0) is 10.0 Å². The van der Waals surface area contributed by atoms with Crippen molar-refractivity contribution in [2.75, 3.05) is 4.72 Å². The van der Waals surface area contributed by atoms with Crippen LogP contribution in [0.15, 0.2) is 34.2 Å². The molecule has 0 spiro atoms. The van der Waals surface area contributed by atoms with Crippen LogP contribution in [0, 0.1) is 0 Å². The van der Waals surface area contributed by atoms with Crippen molar-refractivity contribution in [1.29, 1.82) is 0 Å². The van der Waals surface area contributed by atoms with Crippen molar-refractivity contribution in [1.82, 2.24) is 0 Å². The lowest BCUT2D eigenvalue weighted by Crippen LogP contribution is -2.05. The van der Waals surface area contributed by atoms with E-state index in [9.17, 15) is 13.5 Å². The number of nitrogens with one attached hydrogen (secondary N) is 1. The second-order valence-corrected chi connectivity index (χ2v) is 5.39. The topological polar surface area (TPSA) is 78.8 Å². The molecule has 0 radical (unpaired) electrons. The first-order valence-electron chi connectivity index (χ1n) is 4.83. The van der Waals surface area contributed by atoms with E-state index in [1.807, 2.05) is 0 Å². The van der Waals surface area contributed by atoms with Crippen LogP contribution in [0.1, 0.15) is 0 Å². The van der Waals surface area contributed by atoms with E-state index in [0.29, 0.717) is 16.5 Å². The monoisotopic (exact) mass is 248 g/mol. The maximum absolute atomic E-state index is 11.8. The molecule has 2 aromatic carbocycles. The molecule has 0 aliphatic carbocycles. The number of rotatable bonds is 1. The van der Waals surface area contributed by atoms with Crippen molar-refractivity contribution >= 4 is 38.9 Å². The van der Waals surface area contributed by atoms with Crippen molar-refractivity contribution in [3.05, 3.63) is 24.3 Å². The maximum Gasteiger partial charge on any atom is 0.262 e. The average molecular weight is 248 g/mol. The number of aromatic hydroxyl groups is 1. The molecule has 2 aromatic rings. The average Bonchev–Trinajstić information content (AvgIpc) is 2.57. The number of sulfonamides is 1. The number of aliphatic imine (C=N–C) groups is 1. The van der Waals surface area contributed by atoms with Gasteiger partial charge in [0.15, 0.2) is 0 Å². The molecule has 1 heterocycles. The van der Waals surface area contributed by atoms with Gasteiger partial charge in [-0.3, -0.25) is 9.71 Å². The van der Waals surface area contributed by atoms with E-state index in [0.717, 1.165) is 0 Å². The van der Waals surface area contributed by atoms with Crippen LogP contribution >= 0.6 is 0 Å². The Kier molecular flexibility index (Phi) is 1.77. The van der Waals surface area contributed by atoms with Crippen molar-refractivity contribution < 1.29 is 13.5 Å². The largest absolute Gasteiger partial charge is 0.505 e. The zero-order valence-corrected chi connectivity index (χ0v) is 9.45. The Bertz CT molecular complexity index is 766. The van der Waals surface area contributed by atoms with E-state index in [1.54, 1.807) is 12.1 Å². The Morgan fingerprint density at radius 2 is 2.12 bits per heavy atom. The highest BCUT2D eigenvalue weighted by atomic mass is 32.2. The molecule has 0 bridgehead atoms. The number of hydrogen-bond donors (Lipinski definition) is 2. The predicted octanol–water partition coefficient (Wildman–Crippen LogP) is 1.99. The van der Waals surface area contributed by atoms with Crippen molar-refractivity contribution in [3.8, 4) is 5.75 Å². The second-order valence-electron chi connectivity index (χ2n) is 3.73. The standard InChI is InChI=1S/C11H8N2O3S/c1-12-8-5-7-10-6(11(8)14)3-2-4-9(10)17(15,16)13-7/h2-5,13-14H,1H2. The normalized spacial score (nSPS) is 15.8. The molecule has 2 N–H and O–H groups in total. The van der Waals surface area contributed by atoms with E-state index >= 15 is 0 Å². The summed E-state index contributed by atoms with van der Waals surface area (Å²) in [6.45, 7) is 3.34. The first-order valence-corrected chi connectivity index (χ1v) is 6.31. The Labute approximate surface area is 97.5 Å². The summed E-state index contributed by atoms with van der Waals surface area (Å²) < 4.78 is 26.0. The van der Waals surface area contributed by atoms with E-state index < -0.39 is 10.0 Å². The van der Waals surface area contributed by atoms with Gasteiger partial charge < -0.3 is 5.11 Å². The molecule has 3 rings (SSSR count). The summed E-state index contributed by atoms with van der Waals surface area (Å²) in [4.78, 5) is 3.84. The highest BCUT2D eigenvalue weighted by Crippen LogP contribution is 2.45. The van der Waals surface area contributed by atoms with Gasteiger partial charge in [0, 0.05) is 10.8 Å². The highest BCUT2D eigenvalue weighted by molar-refractivity contribution is 7.93. The fraction of sp³-hybridized carbons (Fsp3) is 0. The van der Waals surface area contributed by atoms with Gasteiger partial charge in [-0.25, -0.2) is 8.42 Å². The molecule has 86 valence electrons. The third kappa shape index (κ3) is 1.18. The van der Waals surface area contributed by atoms with Crippen LogP contribution < -0.4 is 4.72 Å². The molecule has 0 saturated carbocycles. The summed E-state index contributed by atoms with van der Waals surface area (Å²) in [6.07, 6.45) is 0. The lowest BCUT2D eigenvalue weighted by Gasteiger charge is -2.04. The number of phenols is 1. The molecule has 0 saturated heterocycles. The van der Waals surface area contributed by atoms with E-state index in [1.165, 1.54) is 12.1 Å². The smallest absolute Gasteiger partial charge is 0.262 e. The number of phenolic OH excluding ortho intramolecular Hbond substituents is 1. The molecule has 0 atom stereocenters. The summed E-state index contributed by atoms with van der Waals surface area (Å²) in [5.41, 5.74) is 0.685. The van der Waals surface area contributed by atoms with Gasteiger partial charge in [-0.1, -0.05) is 12.1 Å². The maximum atomic E-state index is 11.8. The molecule has 0 aromatic heterocycles. The van der Waals surface area contributed by atoms with Crippen LogP contribution in [0.25, 0.3) is 10.8 Å². The van der Waals surface area contributed by atoms with E-state index in [-0.39, 0.29) is 16.3 Å². The van der Waals surface area contributed by atoms with Crippen molar-refractivity contribution in [2.45, 2.75) is 4.90 Å². The predicted molar refractivity (Wildman–Crippen MR) is 65.6 cm³/mol. The molecule has 17 heavy (non-hydrogen) atoms. The number of benzene rings is 2. The molecule has 1 aliphatic heterocycles. The SMILES string of the molecule is C=Nc1cc2c3c(cccc3c1O)S(=O)(=O)N2. The molecule has 0 unspecified atom stereocenters. The zero-order valence-electron chi connectivity index (χ0n) is 8.64. The van der Waals surface area contributed by atoms with Crippen molar-refractivity contribution in [2.24, 2.45) is 4.99 Å². The lowest BCUT2D eigenvalue weighted by atomic mass is 10.1. The zero-order chi connectivity index (χ0) is 12.2. The molecular formula is C11H8N2O3S. The van der Waals surface area contributed by atoms with E-state index in [2.05, 4.69) is 16.4 Å². The van der Waals surface area contributed by atoms with Crippen LogP contribution in [0.2, 0.25) is 0 Å². The molecule has 1 aliphatic rings. The summed E-state index contributed by atoms with van der Waals surface area (Å²) >= 11 is 0. The Morgan fingerprint density at radius 1 is 1.35 bits per heavy atom. The number of anilines is 1. The molecular weight excluding hydrogens is 240 g/mol. The van der Waals surface area contributed by atoms with Gasteiger partial charge in [-0.05, 0) is 18.9 Å².